The fourth-order valence-corrected chi connectivity index (χ4v) is 5.40. The fraction of sp³-hybridized carbons (Fsp3) is 0.174. The van der Waals surface area contributed by atoms with Crippen molar-refractivity contribution in [1.82, 2.24) is 13.5 Å². The van der Waals surface area contributed by atoms with Crippen molar-refractivity contribution in [3.8, 4) is 5.75 Å². The Morgan fingerprint density at radius 3 is 2.45 bits per heavy atom. The van der Waals surface area contributed by atoms with Gasteiger partial charge in [0.05, 0.1) is 18.8 Å². The number of carbonyl (C=O) groups is 1. The lowest BCUT2D eigenvalue weighted by Crippen LogP contribution is -2.48. The van der Waals surface area contributed by atoms with E-state index < -0.39 is 22.0 Å². The maximum Gasteiger partial charge on any atom is 0.245 e. The molecule has 170 valence electrons. The zero-order chi connectivity index (χ0) is 23.4. The second kappa shape index (κ2) is 9.65. The fourth-order valence-electron chi connectivity index (χ4n) is 3.45. The number of carbonyl (C=O) groups excluding carboxylic acids is 1. The first kappa shape index (κ1) is 22.8. The third-order valence-corrected chi connectivity index (χ3v) is 7.25. The van der Waals surface area contributed by atoms with Gasteiger partial charge in [-0.1, -0.05) is 36.4 Å². The summed E-state index contributed by atoms with van der Waals surface area (Å²) in [5.74, 6) is 0.266. The second-order valence-corrected chi connectivity index (χ2v) is 9.56. The molecule has 0 unspecified atom stereocenters. The summed E-state index contributed by atoms with van der Waals surface area (Å²) < 4.78 is 42.7. The minimum Gasteiger partial charge on any atom is -0.497 e. The van der Waals surface area contributed by atoms with Crippen molar-refractivity contribution in [3.63, 3.8) is 0 Å². The Balaban J connectivity index is 1.66. The highest BCUT2D eigenvalue weighted by Crippen LogP contribution is 2.23. The molecule has 10 heteroatoms. The van der Waals surface area contributed by atoms with Crippen molar-refractivity contribution in [2.24, 2.45) is 0 Å². The summed E-state index contributed by atoms with van der Waals surface area (Å²) in [7, 11) is -0.886. The Kier molecular flexibility index (Phi) is 6.68. The van der Waals surface area contributed by atoms with Crippen molar-refractivity contribution in [2.45, 2.75) is 17.4 Å². The number of likely N-dealkylation sites (N-methyl/N-ethyl adjacent to an activating group) is 1. The van der Waals surface area contributed by atoms with Crippen molar-refractivity contribution in [1.29, 1.82) is 0 Å². The van der Waals surface area contributed by atoms with Crippen LogP contribution in [-0.2, 0) is 21.2 Å². The van der Waals surface area contributed by atoms with Crippen LogP contribution in [0.2, 0.25) is 0 Å². The van der Waals surface area contributed by atoms with Crippen LogP contribution in [0.25, 0.3) is 11.0 Å². The van der Waals surface area contributed by atoms with E-state index in [-0.39, 0.29) is 16.8 Å². The van der Waals surface area contributed by atoms with Crippen LogP contribution in [0, 0.1) is 0 Å². The van der Waals surface area contributed by atoms with E-state index in [1.807, 2.05) is 30.3 Å². The van der Waals surface area contributed by atoms with Gasteiger partial charge in [0, 0.05) is 12.7 Å². The first-order valence-electron chi connectivity index (χ1n) is 10.1. The van der Waals surface area contributed by atoms with Gasteiger partial charge in [-0.05, 0) is 48.4 Å². The molecule has 8 nitrogen and oxygen atoms in total. The molecule has 0 aliphatic carbocycles. The monoisotopic (exact) mass is 482 g/mol. The summed E-state index contributed by atoms with van der Waals surface area (Å²) in [5.41, 5.74) is 2.22. The molecular formula is C23H22N4O4S2. The predicted molar refractivity (Wildman–Crippen MR) is 128 cm³/mol. The molecule has 4 aromatic rings. The quantitative estimate of drug-likeness (QED) is 0.414. The largest absolute Gasteiger partial charge is 0.497 e. The van der Waals surface area contributed by atoms with E-state index >= 15 is 0 Å². The van der Waals surface area contributed by atoms with Gasteiger partial charge in [-0.15, -0.1) is 0 Å². The van der Waals surface area contributed by atoms with E-state index in [0.29, 0.717) is 17.0 Å². The molecular weight excluding hydrogens is 460 g/mol. The highest BCUT2D eigenvalue weighted by Gasteiger charge is 2.30. The van der Waals surface area contributed by atoms with E-state index in [0.717, 1.165) is 17.3 Å². The van der Waals surface area contributed by atoms with E-state index in [1.165, 1.54) is 11.0 Å². The third-order valence-electron chi connectivity index (χ3n) is 5.21. The van der Waals surface area contributed by atoms with Gasteiger partial charge in [0.1, 0.15) is 27.7 Å². The van der Waals surface area contributed by atoms with Crippen LogP contribution >= 0.6 is 11.7 Å². The Morgan fingerprint density at radius 1 is 1.03 bits per heavy atom. The summed E-state index contributed by atoms with van der Waals surface area (Å²) in [6.07, 6.45) is 0.185. The SMILES string of the molecule is COc1ccc(N(C)C(=O)[C@H](Cc2ccccc2)NS(=O)(=O)c2cccc3nsnc23)cc1. The summed E-state index contributed by atoms with van der Waals surface area (Å²) >= 11 is 0.938. The maximum absolute atomic E-state index is 13.5. The Bertz CT molecular complexity index is 1360. The topological polar surface area (TPSA) is 101 Å². The number of hydrogen-bond donors (Lipinski definition) is 1. The van der Waals surface area contributed by atoms with Crippen LogP contribution in [0.5, 0.6) is 5.75 Å². The first-order chi connectivity index (χ1) is 15.9. The Labute approximate surface area is 196 Å². The van der Waals surface area contributed by atoms with Crippen molar-refractivity contribution in [3.05, 3.63) is 78.4 Å². The molecule has 0 saturated carbocycles. The molecule has 0 spiro atoms. The van der Waals surface area contributed by atoms with Gasteiger partial charge < -0.3 is 9.64 Å². The van der Waals surface area contributed by atoms with Crippen LogP contribution in [-0.4, -0.2) is 43.3 Å². The Hall–Kier alpha value is -3.34. The van der Waals surface area contributed by atoms with Gasteiger partial charge in [0.15, 0.2) is 0 Å². The number of fused-ring (bicyclic) bond motifs is 1. The molecule has 0 saturated heterocycles. The highest BCUT2D eigenvalue weighted by molar-refractivity contribution is 7.89. The molecule has 1 amide bonds. The zero-order valence-electron chi connectivity index (χ0n) is 18.0. The van der Waals surface area contributed by atoms with Gasteiger partial charge in [-0.2, -0.15) is 13.5 Å². The van der Waals surface area contributed by atoms with E-state index in [4.69, 9.17) is 4.74 Å². The number of anilines is 1. The molecule has 3 aromatic carbocycles. The summed E-state index contributed by atoms with van der Waals surface area (Å²) in [6, 6.07) is 20.0. The first-order valence-corrected chi connectivity index (χ1v) is 12.3. The van der Waals surface area contributed by atoms with Crippen LogP contribution in [0.15, 0.2) is 77.7 Å². The van der Waals surface area contributed by atoms with Gasteiger partial charge in [-0.3, -0.25) is 4.79 Å². The molecule has 1 N–H and O–H groups in total. The van der Waals surface area contributed by atoms with Gasteiger partial charge in [-0.25, -0.2) is 8.42 Å². The van der Waals surface area contributed by atoms with Crippen LogP contribution in [0.1, 0.15) is 5.56 Å². The number of aromatic nitrogens is 2. The van der Waals surface area contributed by atoms with Gasteiger partial charge in [0.2, 0.25) is 15.9 Å². The van der Waals surface area contributed by atoms with Crippen molar-refractivity contribution < 1.29 is 17.9 Å². The predicted octanol–water partition coefficient (Wildman–Crippen LogP) is 3.25. The Morgan fingerprint density at radius 2 is 1.76 bits per heavy atom. The van der Waals surface area contributed by atoms with Crippen LogP contribution < -0.4 is 14.4 Å². The normalized spacial score (nSPS) is 12.4. The minimum absolute atomic E-state index is 0.00767. The number of ether oxygens (including phenoxy) is 1. The molecule has 0 aliphatic heterocycles. The molecule has 1 aromatic heterocycles. The molecule has 1 heterocycles. The number of rotatable bonds is 8. The molecule has 0 radical (unpaired) electrons. The third kappa shape index (κ3) is 5.03. The highest BCUT2D eigenvalue weighted by atomic mass is 32.2. The van der Waals surface area contributed by atoms with E-state index in [2.05, 4.69) is 13.5 Å². The number of nitrogens with zero attached hydrogens (tertiary/aromatic N) is 3. The minimum atomic E-state index is -4.06. The molecule has 1 atom stereocenters. The maximum atomic E-state index is 13.5. The zero-order valence-corrected chi connectivity index (χ0v) is 19.6. The van der Waals surface area contributed by atoms with Crippen molar-refractivity contribution in [2.75, 3.05) is 19.1 Å². The lowest BCUT2D eigenvalue weighted by Gasteiger charge is -2.25. The van der Waals surface area contributed by atoms with Crippen LogP contribution in [0.4, 0.5) is 5.69 Å². The number of nitrogens with one attached hydrogen (secondary N) is 1. The standard InChI is InChI=1S/C23H22N4O4S2/c1-27(17-11-13-18(31-2)14-12-17)23(28)20(15-16-7-4-3-5-8-16)26-33(29,30)21-10-6-9-19-22(21)25-32-24-19/h3-14,20,26H,15H2,1-2H3/t20-/m0/s1. The van der Waals surface area contributed by atoms with Gasteiger partial charge >= 0.3 is 0 Å². The summed E-state index contributed by atoms with van der Waals surface area (Å²) in [6.45, 7) is 0. The summed E-state index contributed by atoms with van der Waals surface area (Å²) in [4.78, 5) is 14.9. The average Bonchev–Trinajstić information content (AvgIpc) is 3.32. The molecule has 0 bridgehead atoms. The lowest BCUT2D eigenvalue weighted by atomic mass is 10.1. The van der Waals surface area contributed by atoms with Crippen LogP contribution in [0.3, 0.4) is 0 Å². The number of methoxy groups -OCH3 is 1. The number of sulfonamides is 1. The second-order valence-electron chi connectivity index (χ2n) is 7.35. The molecule has 4 rings (SSSR count). The molecule has 0 aliphatic rings. The van der Waals surface area contributed by atoms with Gasteiger partial charge in [0.25, 0.3) is 0 Å². The number of hydrogen-bond acceptors (Lipinski definition) is 7. The van der Waals surface area contributed by atoms with Crippen molar-refractivity contribution >= 4 is 44.4 Å². The number of benzene rings is 3. The van der Waals surface area contributed by atoms with E-state index in [9.17, 15) is 13.2 Å². The molecule has 0 fully saturated rings. The smallest absolute Gasteiger partial charge is 0.245 e. The lowest BCUT2D eigenvalue weighted by molar-refractivity contribution is -0.119. The summed E-state index contributed by atoms with van der Waals surface area (Å²) in [5, 5.41) is 0. The van der Waals surface area contributed by atoms with E-state index in [1.54, 1.807) is 50.6 Å². The molecule has 33 heavy (non-hydrogen) atoms. The average molecular weight is 483 g/mol. The number of amides is 1.